The molecular weight excluding hydrogens is 478 g/mol. The molecule has 1 aliphatic carbocycles. The van der Waals surface area contributed by atoms with E-state index in [0.29, 0.717) is 50.6 Å². The average molecular weight is 512 g/mol. The summed E-state index contributed by atoms with van der Waals surface area (Å²) in [4.78, 5) is 23.9. The Morgan fingerprint density at radius 1 is 0.973 bits per heavy atom. The quantitative estimate of drug-likeness (QED) is 0.135. The van der Waals surface area contributed by atoms with Gasteiger partial charge in [0.2, 0.25) is 0 Å². The number of rotatable bonds is 14. The number of epoxide rings is 1. The lowest BCUT2D eigenvalue weighted by Gasteiger charge is -2.23. The molecule has 1 saturated heterocycles. The SMILES string of the molecule is C=C(C)C(=O)OCCOCCOCCNC(=O)Oc1c2c(c(OCC3CO3)c3ccccc13)CC=CC2. The normalized spacial score (nSPS) is 15.6. The van der Waals surface area contributed by atoms with Crippen LogP contribution >= 0.6 is 0 Å². The van der Waals surface area contributed by atoms with Gasteiger partial charge in [-0.3, -0.25) is 0 Å². The van der Waals surface area contributed by atoms with Gasteiger partial charge < -0.3 is 33.7 Å². The molecule has 9 nitrogen and oxygen atoms in total. The summed E-state index contributed by atoms with van der Waals surface area (Å²) in [5.41, 5.74) is 2.36. The molecule has 0 spiro atoms. The maximum Gasteiger partial charge on any atom is 0.412 e. The molecule has 4 rings (SSSR count). The van der Waals surface area contributed by atoms with Crippen molar-refractivity contribution in [2.75, 3.05) is 52.8 Å². The van der Waals surface area contributed by atoms with E-state index in [0.717, 1.165) is 34.3 Å². The van der Waals surface area contributed by atoms with Crippen LogP contribution in [0.1, 0.15) is 18.1 Å². The zero-order valence-corrected chi connectivity index (χ0v) is 21.1. The molecule has 2 aromatic carbocycles. The van der Waals surface area contributed by atoms with Crippen molar-refractivity contribution in [2.45, 2.75) is 25.9 Å². The van der Waals surface area contributed by atoms with E-state index in [9.17, 15) is 9.59 Å². The maximum absolute atomic E-state index is 12.6. The molecular formula is C28H33NO8. The molecule has 1 atom stereocenters. The fraction of sp³-hybridized carbons (Fsp3) is 0.429. The van der Waals surface area contributed by atoms with Crippen molar-refractivity contribution in [1.82, 2.24) is 5.32 Å². The van der Waals surface area contributed by atoms with Crippen LogP contribution in [0.3, 0.4) is 0 Å². The van der Waals surface area contributed by atoms with Crippen LogP contribution < -0.4 is 14.8 Å². The van der Waals surface area contributed by atoms with E-state index in [2.05, 4.69) is 24.0 Å². The first-order chi connectivity index (χ1) is 18.0. The summed E-state index contributed by atoms with van der Waals surface area (Å²) in [6, 6.07) is 7.81. The minimum absolute atomic E-state index is 0.149. The molecule has 1 aliphatic heterocycles. The first kappa shape index (κ1) is 26.7. The molecule has 0 aromatic heterocycles. The van der Waals surface area contributed by atoms with Crippen molar-refractivity contribution >= 4 is 22.8 Å². The number of amides is 1. The maximum atomic E-state index is 12.6. The van der Waals surface area contributed by atoms with Crippen molar-refractivity contribution in [3.05, 3.63) is 59.7 Å². The number of ether oxygens (including phenoxy) is 6. The first-order valence-electron chi connectivity index (χ1n) is 12.4. The fourth-order valence-electron chi connectivity index (χ4n) is 3.93. The van der Waals surface area contributed by atoms with E-state index in [-0.39, 0.29) is 25.9 Å². The minimum atomic E-state index is -0.541. The molecule has 0 bridgehead atoms. The molecule has 9 heteroatoms. The summed E-state index contributed by atoms with van der Waals surface area (Å²) < 4.78 is 33.1. The Morgan fingerprint density at radius 3 is 2.27 bits per heavy atom. The highest BCUT2D eigenvalue weighted by Crippen LogP contribution is 2.43. The van der Waals surface area contributed by atoms with E-state index in [1.807, 2.05) is 24.3 Å². The zero-order chi connectivity index (χ0) is 26.0. The third kappa shape index (κ3) is 7.55. The molecule has 1 amide bonds. The van der Waals surface area contributed by atoms with E-state index in [1.54, 1.807) is 6.92 Å². The number of nitrogens with one attached hydrogen (secondary N) is 1. The summed E-state index contributed by atoms with van der Waals surface area (Å²) in [6.07, 6.45) is 5.17. The largest absolute Gasteiger partial charge is 0.490 e. The molecule has 1 unspecified atom stereocenters. The lowest BCUT2D eigenvalue weighted by atomic mass is 9.90. The topological polar surface area (TPSA) is 105 Å². The second-order valence-electron chi connectivity index (χ2n) is 8.76. The molecule has 2 aromatic rings. The monoisotopic (exact) mass is 511 g/mol. The molecule has 1 N–H and O–H groups in total. The van der Waals surface area contributed by atoms with Gasteiger partial charge in [0.1, 0.15) is 30.8 Å². The smallest absolute Gasteiger partial charge is 0.412 e. The molecule has 1 heterocycles. The molecule has 2 aliphatic rings. The van der Waals surface area contributed by atoms with Crippen LogP contribution in [0.25, 0.3) is 10.8 Å². The summed E-state index contributed by atoms with van der Waals surface area (Å²) in [5, 5.41) is 4.49. The van der Waals surface area contributed by atoms with Crippen LogP contribution in [0.4, 0.5) is 4.79 Å². The molecule has 1 fully saturated rings. The Balaban J connectivity index is 1.25. The summed E-state index contributed by atoms with van der Waals surface area (Å²) >= 11 is 0. The van der Waals surface area contributed by atoms with Gasteiger partial charge in [0.25, 0.3) is 0 Å². The van der Waals surface area contributed by atoms with Gasteiger partial charge in [0.05, 0.1) is 33.0 Å². The van der Waals surface area contributed by atoms with Crippen LogP contribution in [0.5, 0.6) is 11.5 Å². The number of fused-ring (bicyclic) bond motifs is 2. The van der Waals surface area contributed by atoms with E-state index >= 15 is 0 Å². The third-order valence-electron chi connectivity index (χ3n) is 5.85. The van der Waals surface area contributed by atoms with Gasteiger partial charge in [-0.15, -0.1) is 0 Å². The highest BCUT2D eigenvalue weighted by molar-refractivity contribution is 5.97. The van der Waals surface area contributed by atoms with Gasteiger partial charge in [-0.1, -0.05) is 43.0 Å². The number of hydrogen-bond acceptors (Lipinski definition) is 8. The van der Waals surface area contributed by atoms with Gasteiger partial charge in [-0.05, 0) is 19.8 Å². The Kier molecular flexibility index (Phi) is 9.53. The van der Waals surface area contributed by atoms with E-state index in [4.69, 9.17) is 28.4 Å². The summed E-state index contributed by atoms with van der Waals surface area (Å²) in [5.74, 6) is 0.961. The lowest BCUT2D eigenvalue weighted by Crippen LogP contribution is -2.31. The first-order valence-corrected chi connectivity index (χ1v) is 12.4. The molecule has 0 radical (unpaired) electrons. The highest BCUT2D eigenvalue weighted by Gasteiger charge is 2.27. The average Bonchev–Trinajstić information content (AvgIpc) is 3.73. The van der Waals surface area contributed by atoms with Crippen LogP contribution in [0.15, 0.2) is 48.6 Å². The molecule has 0 saturated carbocycles. The Hall–Kier alpha value is -3.40. The Morgan fingerprint density at radius 2 is 1.59 bits per heavy atom. The lowest BCUT2D eigenvalue weighted by molar-refractivity contribution is -0.140. The Bertz CT molecular complexity index is 1150. The van der Waals surface area contributed by atoms with Crippen molar-refractivity contribution in [2.24, 2.45) is 0 Å². The summed E-state index contributed by atoms with van der Waals surface area (Å²) in [6.45, 7) is 8.07. The number of esters is 1. The predicted molar refractivity (Wildman–Crippen MR) is 137 cm³/mol. The second-order valence-corrected chi connectivity index (χ2v) is 8.76. The minimum Gasteiger partial charge on any atom is -0.490 e. The number of carbonyl (C=O) groups is 2. The highest BCUT2D eigenvalue weighted by atomic mass is 16.6. The van der Waals surface area contributed by atoms with Crippen molar-refractivity contribution in [3.63, 3.8) is 0 Å². The summed E-state index contributed by atoms with van der Waals surface area (Å²) in [7, 11) is 0. The van der Waals surface area contributed by atoms with Crippen LogP contribution in [0, 0.1) is 0 Å². The van der Waals surface area contributed by atoms with Gasteiger partial charge >= 0.3 is 12.1 Å². The van der Waals surface area contributed by atoms with Crippen molar-refractivity contribution in [3.8, 4) is 11.5 Å². The third-order valence-corrected chi connectivity index (χ3v) is 5.85. The number of allylic oxidation sites excluding steroid dienone is 2. The van der Waals surface area contributed by atoms with E-state index in [1.165, 1.54) is 0 Å². The van der Waals surface area contributed by atoms with Crippen molar-refractivity contribution < 1.29 is 38.0 Å². The number of hydrogen-bond donors (Lipinski definition) is 1. The van der Waals surface area contributed by atoms with Gasteiger partial charge in [-0.25, -0.2) is 9.59 Å². The Labute approximate surface area is 216 Å². The molecule has 198 valence electrons. The van der Waals surface area contributed by atoms with Crippen LogP contribution in [-0.2, 0) is 36.6 Å². The zero-order valence-electron chi connectivity index (χ0n) is 21.1. The second kappa shape index (κ2) is 13.2. The number of carbonyl (C=O) groups excluding carboxylic acids is 2. The fourth-order valence-corrected chi connectivity index (χ4v) is 3.93. The van der Waals surface area contributed by atoms with Crippen LogP contribution in [0.2, 0.25) is 0 Å². The van der Waals surface area contributed by atoms with Gasteiger partial charge in [0.15, 0.2) is 0 Å². The van der Waals surface area contributed by atoms with Crippen molar-refractivity contribution in [1.29, 1.82) is 0 Å². The van der Waals surface area contributed by atoms with E-state index < -0.39 is 12.1 Å². The standard InChI is InChI=1S/C28H33NO8/c1-19(2)27(30)34-16-15-33-14-13-32-12-11-29-28(31)37-26-23-9-5-3-7-21(23)25(36-18-20-17-35-20)22-8-4-6-10-24(22)26/h3-7,9,20H,1,8,10-18H2,2H3,(H,29,31). The van der Waals surface area contributed by atoms with Crippen LogP contribution in [-0.4, -0.2) is 71.0 Å². The van der Waals surface area contributed by atoms with Gasteiger partial charge in [-0.2, -0.15) is 0 Å². The molecule has 37 heavy (non-hydrogen) atoms. The predicted octanol–water partition coefficient (Wildman–Crippen LogP) is 3.51. The number of benzene rings is 2. The van der Waals surface area contributed by atoms with Gasteiger partial charge in [0, 0.05) is 34.0 Å².